The van der Waals surface area contributed by atoms with Crippen LogP contribution in [0, 0.1) is 0 Å². The van der Waals surface area contributed by atoms with Crippen molar-refractivity contribution in [3.63, 3.8) is 0 Å². The lowest BCUT2D eigenvalue weighted by atomic mass is 10.0. The van der Waals surface area contributed by atoms with Crippen LogP contribution in [-0.2, 0) is 0 Å². The van der Waals surface area contributed by atoms with Crippen molar-refractivity contribution in [2.45, 2.75) is 25.2 Å². The van der Waals surface area contributed by atoms with E-state index < -0.39 is 12.2 Å². The van der Waals surface area contributed by atoms with E-state index in [0.29, 0.717) is 6.54 Å². The second-order valence-corrected chi connectivity index (χ2v) is 6.84. The van der Waals surface area contributed by atoms with Crippen LogP contribution in [0.4, 0.5) is 0 Å². The summed E-state index contributed by atoms with van der Waals surface area (Å²) in [5.41, 5.74) is 0.735. The van der Waals surface area contributed by atoms with Crippen molar-refractivity contribution in [3.05, 3.63) is 72.3 Å². The molecule has 0 heterocycles. The predicted octanol–water partition coefficient (Wildman–Crippen LogP) is 1.97. The summed E-state index contributed by atoms with van der Waals surface area (Å²) < 4.78 is 5.71. The number of aliphatic hydroxyl groups is 2. The third-order valence-electron chi connectivity index (χ3n) is 4.68. The Morgan fingerprint density at radius 2 is 1.63 bits per heavy atom. The quantitative estimate of drug-likeness (QED) is 0.490. The fourth-order valence-corrected chi connectivity index (χ4v) is 2.99. The number of phenols is 1. The van der Waals surface area contributed by atoms with Gasteiger partial charge in [-0.1, -0.05) is 42.5 Å². The Hall–Kier alpha value is -2.60. The van der Waals surface area contributed by atoms with Crippen LogP contribution in [0.25, 0.3) is 10.8 Å². The van der Waals surface area contributed by atoms with E-state index in [9.17, 15) is 15.3 Å². The second kappa shape index (κ2) is 8.86. The first kappa shape index (κ1) is 19.2. The molecule has 5 N–H and O–H groups in total. The molecule has 0 aliphatic heterocycles. The summed E-state index contributed by atoms with van der Waals surface area (Å²) in [5, 5.41) is 34.0. The molecule has 3 atom stereocenters. The van der Waals surface area contributed by atoms with E-state index in [1.54, 1.807) is 24.3 Å². The lowest BCUT2D eigenvalue weighted by Gasteiger charge is -2.19. The molecule has 0 aromatic heterocycles. The second-order valence-electron chi connectivity index (χ2n) is 6.84. The van der Waals surface area contributed by atoms with Gasteiger partial charge in [-0.3, -0.25) is 0 Å². The van der Waals surface area contributed by atoms with Gasteiger partial charge in [0.25, 0.3) is 0 Å². The van der Waals surface area contributed by atoms with Crippen LogP contribution in [0.15, 0.2) is 66.7 Å². The average Bonchev–Trinajstić information content (AvgIpc) is 2.70. The summed E-state index contributed by atoms with van der Waals surface area (Å²) in [6, 6.07) is 20.3. The molecule has 0 amide bonds. The molecule has 0 bridgehead atoms. The molecule has 142 valence electrons. The van der Waals surface area contributed by atoms with E-state index in [0.717, 1.165) is 22.1 Å². The maximum absolute atomic E-state index is 10.4. The molecule has 0 unspecified atom stereocenters. The zero-order valence-corrected chi connectivity index (χ0v) is 15.3. The molecule has 0 fully saturated rings. The van der Waals surface area contributed by atoms with Gasteiger partial charge in [0.1, 0.15) is 42.9 Å². The molecular formula is C22H26NO4+. The van der Waals surface area contributed by atoms with Gasteiger partial charge in [0.05, 0.1) is 0 Å². The largest absolute Gasteiger partial charge is 0.508 e. The highest BCUT2D eigenvalue weighted by Crippen LogP contribution is 2.21. The van der Waals surface area contributed by atoms with Crippen molar-refractivity contribution in [2.75, 3.05) is 13.2 Å². The van der Waals surface area contributed by atoms with Gasteiger partial charge in [0, 0.05) is 0 Å². The highest BCUT2D eigenvalue weighted by atomic mass is 16.5. The number of aromatic hydroxyl groups is 1. The number of phenolic OH excluding ortho intramolecular Hbond substituents is 1. The lowest BCUT2D eigenvalue weighted by Crippen LogP contribution is -2.92. The molecule has 27 heavy (non-hydrogen) atoms. The Morgan fingerprint density at radius 1 is 0.926 bits per heavy atom. The van der Waals surface area contributed by atoms with Gasteiger partial charge in [-0.15, -0.1) is 0 Å². The lowest BCUT2D eigenvalue weighted by molar-refractivity contribution is -0.699. The summed E-state index contributed by atoms with van der Waals surface area (Å²) in [6.07, 6.45) is -1.33. The van der Waals surface area contributed by atoms with Gasteiger partial charge in [0.2, 0.25) is 0 Å². The molecule has 0 radical (unpaired) electrons. The van der Waals surface area contributed by atoms with Crippen LogP contribution < -0.4 is 10.1 Å². The van der Waals surface area contributed by atoms with E-state index in [4.69, 9.17) is 4.74 Å². The van der Waals surface area contributed by atoms with Gasteiger partial charge < -0.3 is 25.4 Å². The summed E-state index contributed by atoms with van der Waals surface area (Å²) in [7, 11) is 0. The van der Waals surface area contributed by atoms with E-state index in [-0.39, 0.29) is 18.4 Å². The number of hydrogen-bond donors (Lipinski definition) is 4. The monoisotopic (exact) mass is 368 g/mol. The summed E-state index contributed by atoms with van der Waals surface area (Å²) >= 11 is 0. The minimum absolute atomic E-state index is 0.134. The molecule has 5 nitrogen and oxygen atoms in total. The molecule has 5 heteroatoms. The topological polar surface area (TPSA) is 86.5 Å². The number of quaternary nitrogens is 1. The first-order valence-electron chi connectivity index (χ1n) is 9.13. The van der Waals surface area contributed by atoms with E-state index in [1.165, 1.54) is 0 Å². The summed E-state index contributed by atoms with van der Waals surface area (Å²) in [5.74, 6) is 0.897. The number of nitrogens with two attached hydrogens (primary N) is 1. The fraction of sp³-hybridized carbons (Fsp3) is 0.273. The van der Waals surface area contributed by atoms with E-state index >= 15 is 0 Å². The molecule has 3 aromatic carbocycles. The fourth-order valence-electron chi connectivity index (χ4n) is 2.99. The van der Waals surface area contributed by atoms with Crippen molar-refractivity contribution in [2.24, 2.45) is 0 Å². The molecular weight excluding hydrogens is 342 g/mol. The van der Waals surface area contributed by atoms with Gasteiger partial charge in [-0.25, -0.2) is 0 Å². The van der Waals surface area contributed by atoms with Crippen LogP contribution >= 0.6 is 0 Å². The number of benzene rings is 3. The Balaban J connectivity index is 1.47. The minimum atomic E-state index is -0.681. The maximum atomic E-state index is 10.4. The Labute approximate surface area is 158 Å². The highest BCUT2D eigenvalue weighted by Gasteiger charge is 2.20. The van der Waals surface area contributed by atoms with Crippen LogP contribution in [0.1, 0.15) is 18.6 Å². The Kier molecular flexibility index (Phi) is 6.29. The smallest absolute Gasteiger partial charge is 0.137 e. The van der Waals surface area contributed by atoms with Crippen LogP contribution in [0.5, 0.6) is 11.5 Å². The van der Waals surface area contributed by atoms with Crippen molar-refractivity contribution >= 4 is 10.8 Å². The first-order chi connectivity index (χ1) is 13.0. The Bertz CT molecular complexity index is 866. The van der Waals surface area contributed by atoms with Gasteiger partial charge >= 0.3 is 0 Å². The maximum Gasteiger partial charge on any atom is 0.137 e. The van der Waals surface area contributed by atoms with E-state index in [1.807, 2.05) is 54.7 Å². The zero-order valence-electron chi connectivity index (χ0n) is 15.3. The first-order valence-corrected chi connectivity index (χ1v) is 9.13. The van der Waals surface area contributed by atoms with Gasteiger partial charge in [-0.05, 0) is 47.5 Å². The number of aliphatic hydroxyl groups excluding tert-OH is 2. The zero-order chi connectivity index (χ0) is 19.2. The predicted molar refractivity (Wildman–Crippen MR) is 105 cm³/mol. The van der Waals surface area contributed by atoms with Crippen LogP contribution in [-0.4, -0.2) is 40.6 Å². The van der Waals surface area contributed by atoms with E-state index in [2.05, 4.69) is 0 Å². The molecule has 0 saturated heterocycles. The molecule has 0 aliphatic rings. The molecule has 0 saturated carbocycles. The normalized spacial score (nSPS) is 14.6. The molecule has 0 spiro atoms. The van der Waals surface area contributed by atoms with Crippen LogP contribution in [0.2, 0.25) is 0 Å². The number of ether oxygens (including phenoxy) is 1. The average molecular weight is 368 g/mol. The van der Waals surface area contributed by atoms with Gasteiger partial charge in [-0.2, -0.15) is 0 Å². The number of fused-ring (bicyclic) bond motifs is 1. The highest BCUT2D eigenvalue weighted by molar-refractivity contribution is 5.83. The van der Waals surface area contributed by atoms with Crippen molar-refractivity contribution in [1.29, 1.82) is 0 Å². The SMILES string of the molecule is C[C@H]([NH2+]C[C@H](O)COc1ccc2ccccc2c1)[C@H](O)c1ccc(O)cc1. The molecule has 0 aliphatic carbocycles. The molecule has 3 rings (SSSR count). The standard InChI is InChI=1S/C22H25NO4/c1-15(22(26)17-6-9-19(24)10-7-17)23-13-20(25)14-27-21-11-8-16-4-2-3-5-18(16)12-21/h2-12,15,20,22-26H,13-14H2,1H3/p+1/t15-,20-,22-/m0/s1. The van der Waals surface area contributed by atoms with Gasteiger partial charge in [0.15, 0.2) is 0 Å². The Morgan fingerprint density at radius 3 is 2.37 bits per heavy atom. The molecule has 3 aromatic rings. The number of hydrogen-bond acceptors (Lipinski definition) is 4. The third kappa shape index (κ3) is 5.20. The van der Waals surface area contributed by atoms with Crippen molar-refractivity contribution in [1.82, 2.24) is 0 Å². The van der Waals surface area contributed by atoms with Crippen LogP contribution in [0.3, 0.4) is 0 Å². The summed E-state index contributed by atoms with van der Waals surface area (Å²) in [4.78, 5) is 0. The number of rotatable bonds is 8. The van der Waals surface area contributed by atoms with Crippen molar-refractivity contribution < 1.29 is 25.4 Å². The summed E-state index contributed by atoms with van der Waals surface area (Å²) in [6.45, 7) is 2.51. The minimum Gasteiger partial charge on any atom is -0.508 e. The van der Waals surface area contributed by atoms with Crippen molar-refractivity contribution in [3.8, 4) is 11.5 Å². The third-order valence-corrected chi connectivity index (χ3v) is 4.68.